The van der Waals surface area contributed by atoms with Gasteiger partial charge in [0, 0.05) is 30.5 Å². The molecule has 1 N–H and O–H groups in total. The van der Waals surface area contributed by atoms with Gasteiger partial charge in [-0.3, -0.25) is 4.79 Å². The van der Waals surface area contributed by atoms with Gasteiger partial charge in [-0.2, -0.15) is 0 Å². The molecule has 0 fully saturated rings. The predicted octanol–water partition coefficient (Wildman–Crippen LogP) is 2.88. The van der Waals surface area contributed by atoms with E-state index < -0.39 is 0 Å². The van der Waals surface area contributed by atoms with Crippen LogP contribution in [0.15, 0.2) is 46.6 Å². The average molecular weight is 286 g/mol. The third-order valence-corrected chi connectivity index (χ3v) is 3.91. The summed E-state index contributed by atoms with van der Waals surface area (Å²) in [4.78, 5) is 16.9. The molecule has 1 aliphatic heterocycles. The zero-order valence-corrected chi connectivity index (χ0v) is 12.7. The fraction of sp³-hybridized carbons (Fsp3) is 0.312. The van der Waals surface area contributed by atoms with Crippen molar-refractivity contribution in [3.05, 3.63) is 47.2 Å². The third-order valence-electron chi connectivity index (χ3n) is 3.54. The molecule has 2 unspecified atom stereocenters. The van der Waals surface area contributed by atoms with Crippen molar-refractivity contribution in [3.63, 3.8) is 0 Å². The Bertz CT molecular complexity index is 590. The van der Waals surface area contributed by atoms with Gasteiger partial charge in [-0.25, -0.2) is 0 Å². The highest BCUT2D eigenvalue weighted by atomic mass is 32.1. The van der Waals surface area contributed by atoms with Gasteiger partial charge in [0.05, 0.1) is 10.9 Å². The number of aliphatic imine (C=N–C) groups is 1. The van der Waals surface area contributed by atoms with E-state index in [0.717, 1.165) is 16.8 Å². The van der Waals surface area contributed by atoms with Crippen molar-refractivity contribution in [2.45, 2.75) is 19.8 Å². The maximum Gasteiger partial charge on any atom is 0.158 e. The zero-order valence-electron chi connectivity index (χ0n) is 11.9. The molecule has 2 rings (SSSR count). The summed E-state index contributed by atoms with van der Waals surface area (Å²) in [7, 11) is 1.73. The molecular formula is C16H18N2OS. The van der Waals surface area contributed by atoms with Gasteiger partial charge in [0.15, 0.2) is 5.78 Å². The molecule has 0 amide bonds. The van der Waals surface area contributed by atoms with Crippen LogP contribution in [0.1, 0.15) is 25.3 Å². The first kappa shape index (κ1) is 14.6. The van der Waals surface area contributed by atoms with Crippen molar-refractivity contribution in [1.29, 1.82) is 0 Å². The molecular weight excluding hydrogens is 268 g/mol. The van der Waals surface area contributed by atoms with Crippen molar-refractivity contribution in [2.75, 3.05) is 7.05 Å². The second kappa shape index (κ2) is 6.09. The Morgan fingerprint density at radius 3 is 2.55 bits per heavy atom. The van der Waals surface area contributed by atoms with E-state index in [4.69, 9.17) is 12.2 Å². The molecule has 3 nitrogen and oxygen atoms in total. The van der Waals surface area contributed by atoms with Crippen molar-refractivity contribution in [2.24, 2.45) is 10.9 Å². The van der Waals surface area contributed by atoms with Crippen LogP contribution in [-0.4, -0.2) is 24.0 Å². The lowest BCUT2D eigenvalue weighted by Gasteiger charge is -2.33. The quantitative estimate of drug-likeness (QED) is 0.686. The highest BCUT2D eigenvalue weighted by molar-refractivity contribution is 7.80. The van der Waals surface area contributed by atoms with Crippen LogP contribution in [0.25, 0.3) is 0 Å². The van der Waals surface area contributed by atoms with Gasteiger partial charge < -0.3 is 10.3 Å². The van der Waals surface area contributed by atoms with Gasteiger partial charge >= 0.3 is 0 Å². The van der Waals surface area contributed by atoms with Gasteiger partial charge in [0.25, 0.3) is 0 Å². The largest absolute Gasteiger partial charge is 0.353 e. The molecule has 0 spiro atoms. The first-order chi connectivity index (χ1) is 9.56. The normalized spacial score (nSPS) is 23.1. The number of hydrogen-bond acceptors (Lipinski definition) is 3. The van der Waals surface area contributed by atoms with Crippen LogP contribution in [-0.2, 0) is 4.79 Å². The van der Waals surface area contributed by atoms with Crippen molar-refractivity contribution in [1.82, 2.24) is 5.32 Å². The number of allylic oxidation sites excluding steroid dienone is 2. The number of thiocarbonyl (C=S) groups is 1. The van der Waals surface area contributed by atoms with E-state index in [-0.39, 0.29) is 17.6 Å². The summed E-state index contributed by atoms with van der Waals surface area (Å²) in [5.41, 5.74) is 2.72. The molecule has 4 heteroatoms. The lowest BCUT2D eigenvalue weighted by atomic mass is 9.76. The standard InChI is InChI=1S/C16H18N2OS/c1-10-14(11(2)19)15(12-7-5-4-6-8-12)13(9-17-3)16(20)18-10/h4-9,13,15H,1-3H3,(H,18,20). The Morgan fingerprint density at radius 2 is 2.00 bits per heavy atom. The number of ketones is 1. The highest BCUT2D eigenvalue weighted by Gasteiger charge is 2.35. The smallest absolute Gasteiger partial charge is 0.158 e. The number of nitrogens with one attached hydrogen (secondary N) is 1. The molecule has 2 atom stereocenters. The lowest BCUT2D eigenvalue weighted by Crippen LogP contribution is -2.40. The van der Waals surface area contributed by atoms with Crippen LogP contribution < -0.4 is 5.32 Å². The topological polar surface area (TPSA) is 41.5 Å². The molecule has 0 saturated carbocycles. The maximum atomic E-state index is 12.1. The SMILES string of the molecule is CN=CC1C(=S)NC(C)=C(C(C)=O)C1c1ccccc1. The fourth-order valence-electron chi connectivity index (χ4n) is 2.73. The summed E-state index contributed by atoms with van der Waals surface area (Å²) >= 11 is 5.44. The molecule has 0 aromatic heterocycles. The Morgan fingerprint density at radius 1 is 1.35 bits per heavy atom. The molecule has 0 bridgehead atoms. The molecule has 1 aromatic rings. The number of carbonyl (C=O) groups is 1. The van der Waals surface area contributed by atoms with Gasteiger partial charge in [0.2, 0.25) is 0 Å². The minimum absolute atomic E-state index is 0.0638. The average Bonchev–Trinajstić information content (AvgIpc) is 2.42. The van der Waals surface area contributed by atoms with Crippen LogP contribution in [0.4, 0.5) is 0 Å². The molecule has 0 radical (unpaired) electrons. The van der Waals surface area contributed by atoms with Crippen molar-refractivity contribution < 1.29 is 4.79 Å². The molecule has 1 aromatic carbocycles. The predicted molar refractivity (Wildman–Crippen MR) is 86.2 cm³/mol. The van der Waals surface area contributed by atoms with Crippen molar-refractivity contribution in [3.8, 4) is 0 Å². The first-order valence-electron chi connectivity index (χ1n) is 6.56. The molecule has 0 aliphatic carbocycles. The number of rotatable bonds is 3. The molecule has 1 aliphatic rings. The minimum Gasteiger partial charge on any atom is -0.353 e. The van der Waals surface area contributed by atoms with Crippen LogP contribution in [0, 0.1) is 5.92 Å². The van der Waals surface area contributed by atoms with Crippen LogP contribution in [0.3, 0.4) is 0 Å². The van der Waals surface area contributed by atoms with E-state index in [9.17, 15) is 4.79 Å². The zero-order chi connectivity index (χ0) is 14.7. The molecule has 104 valence electrons. The monoisotopic (exact) mass is 286 g/mol. The summed E-state index contributed by atoms with van der Waals surface area (Å²) < 4.78 is 0. The number of hydrogen-bond donors (Lipinski definition) is 1. The summed E-state index contributed by atoms with van der Waals surface area (Å²) in [6.07, 6.45) is 1.82. The first-order valence-corrected chi connectivity index (χ1v) is 6.97. The van der Waals surface area contributed by atoms with Crippen molar-refractivity contribution >= 4 is 29.2 Å². The number of carbonyl (C=O) groups excluding carboxylic acids is 1. The summed E-state index contributed by atoms with van der Waals surface area (Å²) in [5, 5.41) is 3.14. The minimum atomic E-state index is -0.0833. The van der Waals surface area contributed by atoms with Gasteiger partial charge in [-0.1, -0.05) is 42.5 Å². The van der Waals surface area contributed by atoms with E-state index in [2.05, 4.69) is 10.3 Å². The third kappa shape index (κ3) is 2.70. The van der Waals surface area contributed by atoms with E-state index in [1.165, 1.54) is 0 Å². The van der Waals surface area contributed by atoms with Crippen LogP contribution in [0.2, 0.25) is 0 Å². The van der Waals surface area contributed by atoms with Gasteiger partial charge in [-0.05, 0) is 19.4 Å². The summed E-state index contributed by atoms with van der Waals surface area (Å²) in [5.74, 6) is -0.0768. The Balaban J connectivity index is 2.61. The Hall–Kier alpha value is -1.81. The molecule has 20 heavy (non-hydrogen) atoms. The van der Waals surface area contributed by atoms with Crippen LogP contribution >= 0.6 is 12.2 Å². The lowest BCUT2D eigenvalue weighted by molar-refractivity contribution is -0.114. The second-order valence-electron chi connectivity index (χ2n) is 4.91. The van der Waals surface area contributed by atoms with E-state index in [0.29, 0.717) is 4.99 Å². The Labute approximate surface area is 124 Å². The van der Waals surface area contributed by atoms with E-state index in [1.807, 2.05) is 43.5 Å². The van der Waals surface area contributed by atoms with Gasteiger partial charge in [-0.15, -0.1) is 0 Å². The summed E-state index contributed by atoms with van der Waals surface area (Å²) in [6, 6.07) is 9.99. The van der Waals surface area contributed by atoms with E-state index in [1.54, 1.807) is 14.0 Å². The molecule has 0 saturated heterocycles. The number of benzene rings is 1. The summed E-state index contributed by atoms with van der Waals surface area (Å²) in [6.45, 7) is 3.50. The van der Waals surface area contributed by atoms with E-state index >= 15 is 0 Å². The second-order valence-corrected chi connectivity index (χ2v) is 5.35. The number of Topliss-reactive ketones (excluding diaryl/α,β-unsaturated/α-hetero) is 1. The highest BCUT2D eigenvalue weighted by Crippen LogP contribution is 2.36. The Kier molecular flexibility index (Phi) is 4.45. The maximum absolute atomic E-state index is 12.1. The van der Waals surface area contributed by atoms with Gasteiger partial charge in [0.1, 0.15) is 0 Å². The fourth-order valence-corrected chi connectivity index (χ4v) is 3.08. The van der Waals surface area contributed by atoms with Crippen LogP contribution in [0.5, 0.6) is 0 Å². The number of nitrogens with zero attached hydrogens (tertiary/aromatic N) is 1. The molecule has 1 heterocycles.